The van der Waals surface area contributed by atoms with Gasteiger partial charge in [-0.05, 0) is 24.8 Å². The summed E-state index contributed by atoms with van der Waals surface area (Å²) in [4.78, 5) is 53.3. The van der Waals surface area contributed by atoms with Gasteiger partial charge in [0, 0.05) is 29.5 Å². The van der Waals surface area contributed by atoms with Gasteiger partial charge in [0.15, 0.2) is 5.78 Å². The maximum atomic E-state index is 13.4. The molecular formula is C21H22N2O7. The number of allylic oxidation sites excluding steroid dienone is 1. The number of benzene rings is 1. The minimum Gasteiger partial charge on any atom is -0.468 e. The summed E-state index contributed by atoms with van der Waals surface area (Å²) < 4.78 is 9.76. The van der Waals surface area contributed by atoms with E-state index in [4.69, 9.17) is 9.47 Å². The lowest BCUT2D eigenvalue weighted by Crippen LogP contribution is -2.48. The zero-order valence-corrected chi connectivity index (χ0v) is 17.1. The van der Waals surface area contributed by atoms with Gasteiger partial charge < -0.3 is 9.47 Å². The van der Waals surface area contributed by atoms with Crippen LogP contribution in [0.15, 0.2) is 40.5 Å². The molecule has 1 aromatic rings. The zero-order chi connectivity index (χ0) is 22.2. The third kappa shape index (κ3) is 3.51. The van der Waals surface area contributed by atoms with Gasteiger partial charge in [-0.1, -0.05) is 19.1 Å². The molecule has 158 valence electrons. The highest BCUT2D eigenvalue weighted by molar-refractivity contribution is 6.17. The summed E-state index contributed by atoms with van der Waals surface area (Å²) in [6.45, 7) is 3.45. The third-order valence-electron chi connectivity index (χ3n) is 5.74. The maximum Gasteiger partial charge on any atom is 0.336 e. The predicted molar refractivity (Wildman–Crippen MR) is 106 cm³/mol. The number of nitro benzene ring substituents is 1. The normalized spacial score (nSPS) is 25.9. The molecule has 1 fully saturated rings. The molecule has 1 heterocycles. The van der Waals surface area contributed by atoms with E-state index in [1.807, 2.05) is 0 Å². The molecule has 30 heavy (non-hydrogen) atoms. The van der Waals surface area contributed by atoms with E-state index < -0.39 is 34.6 Å². The first-order valence-electron chi connectivity index (χ1n) is 9.43. The fraction of sp³-hybridized carbons (Fsp3) is 0.429. The molecule has 0 saturated heterocycles. The van der Waals surface area contributed by atoms with Crippen molar-refractivity contribution >= 4 is 29.1 Å². The molecule has 3 rings (SSSR count). The van der Waals surface area contributed by atoms with Crippen LogP contribution in [0, 0.1) is 27.9 Å². The molecule has 0 bridgehead atoms. The molecule has 9 nitrogen and oxygen atoms in total. The van der Waals surface area contributed by atoms with Crippen LogP contribution in [0.1, 0.15) is 31.7 Å². The number of hydrogen-bond donors (Lipinski definition) is 0. The molecule has 1 unspecified atom stereocenters. The molecule has 0 radical (unpaired) electrons. The number of ether oxygens (including phenoxy) is 2. The van der Waals surface area contributed by atoms with Gasteiger partial charge in [0.2, 0.25) is 0 Å². The number of nitrogens with zero attached hydrogens (tertiary/aromatic N) is 2. The van der Waals surface area contributed by atoms with Crippen molar-refractivity contribution < 1.29 is 28.8 Å². The monoisotopic (exact) mass is 414 g/mol. The second-order valence-electron chi connectivity index (χ2n) is 7.48. The van der Waals surface area contributed by atoms with Crippen molar-refractivity contribution in [1.29, 1.82) is 0 Å². The van der Waals surface area contributed by atoms with Crippen molar-refractivity contribution in [2.24, 2.45) is 22.7 Å². The summed E-state index contributed by atoms with van der Waals surface area (Å²) >= 11 is 0. The average molecular weight is 414 g/mol. The van der Waals surface area contributed by atoms with Gasteiger partial charge in [0.05, 0.1) is 30.6 Å². The molecular weight excluding hydrogens is 392 g/mol. The van der Waals surface area contributed by atoms with Crippen molar-refractivity contribution in [3.05, 3.63) is 51.2 Å². The average Bonchev–Trinajstić information content (AvgIpc) is 2.72. The summed E-state index contributed by atoms with van der Waals surface area (Å²) in [5.74, 6) is -4.54. The van der Waals surface area contributed by atoms with Crippen LogP contribution >= 0.6 is 0 Å². The fourth-order valence-electron chi connectivity index (χ4n) is 4.37. The zero-order valence-electron chi connectivity index (χ0n) is 17.1. The molecule has 0 spiro atoms. The van der Waals surface area contributed by atoms with E-state index >= 15 is 0 Å². The number of carbonyl (C=O) groups excluding carboxylic acids is 3. The third-order valence-corrected chi connectivity index (χ3v) is 5.74. The number of rotatable bonds is 4. The molecule has 0 N–H and O–H groups in total. The highest BCUT2D eigenvalue weighted by atomic mass is 16.6. The van der Waals surface area contributed by atoms with Crippen LogP contribution in [0.4, 0.5) is 5.69 Å². The molecule has 1 saturated carbocycles. The Morgan fingerprint density at radius 2 is 1.77 bits per heavy atom. The Morgan fingerprint density at radius 3 is 2.30 bits per heavy atom. The van der Waals surface area contributed by atoms with Gasteiger partial charge in [-0.15, -0.1) is 0 Å². The van der Waals surface area contributed by atoms with E-state index in [9.17, 15) is 24.5 Å². The number of non-ortho nitro benzene ring substituents is 1. The largest absolute Gasteiger partial charge is 0.468 e. The van der Waals surface area contributed by atoms with Crippen LogP contribution < -0.4 is 0 Å². The highest BCUT2D eigenvalue weighted by Gasteiger charge is 2.51. The fourth-order valence-corrected chi connectivity index (χ4v) is 4.37. The molecule has 9 heteroatoms. The number of Topliss-reactive ketones (excluding diaryl/α,β-unsaturated/α-hetero) is 1. The number of fused-ring (bicyclic) bond motifs is 1. The molecule has 1 aromatic carbocycles. The number of aliphatic imine (C=N–C) groups is 1. The molecule has 2 aliphatic rings. The number of carbonyl (C=O) groups is 3. The summed E-state index contributed by atoms with van der Waals surface area (Å²) in [5, 5.41) is 11.0. The Morgan fingerprint density at radius 1 is 1.13 bits per heavy atom. The summed E-state index contributed by atoms with van der Waals surface area (Å²) in [7, 11) is 2.46. The lowest BCUT2D eigenvalue weighted by molar-refractivity contribution is -0.384. The Labute approximate surface area is 172 Å². The SMILES string of the molecule is COC(=O)C1=C(C)N=C2C[C@H](C)[C@H](C(=O)OC)C(=O)C2[C@H]1c1ccc([N+](=O)[O-])cc1. The first kappa shape index (κ1) is 21.4. The summed E-state index contributed by atoms with van der Waals surface area (Å²) in [5.41, 5.74) is 1.63. The number of esters is 2. The highest BCUT2D eigenvalue weighted by Crippen LogP contribution is 2.46. The lowest BCUT2D eigenvalue weighted by atomic mass is 9.64. The minimum absolute atomic E-state index is 0.111. The van der Waals surface area contributed by atoms with Crippen molar-refractivity contribution in [3.63, 3.8) is 0 Å². The first-order chi connectivity index (χ1) is 14.2. The van der Waals surface area contributed by atoms with Gasteiger partial charge in [0.25, 0.3) is 5.69 Å². The van der Waals surface area contributed by atoms with E-state index in [2.05, 4.69) is 4.99 Å². The Bertz CT molecular complexity index is 978. The number of nitro groups is 1. The molecule has 1 aliphatic heterocycles. The smallest absolute Gasteiger partial charge is 0.336 e. The van der Waals surface area contributed by atoms with Crippen LogP contribution in [0.25, 0.3) is 0 Å². The molecule has 4 atom stereocenters. The van der Waals surface area contributed by atoms with Crippen molar-refractivity contribution in [2.45, 2.75) is 26.2 Å². The Hall–Kier alpha value is -3.36. The van der Waals surface area contributed by atoms with Crippen LogP contribution in [0.3, 0.4) is 0 Å². The van der Waals surface area contributed by atoms with Crippen molar-refractivity contribution in [2.75, 3.05) is 14.2 Å². The predicted octanol–water partition coefficient (Wildman–Crippen LogP) is 2.59. The van der Waals surface area contributed by atoms with E-state index in [0.717, 1.165) is 0 Å². The van der Waals surface area contributed by atoms with Crippen LogP contribution in [-0.4, -0.2) is 42.6 Å². The lowest BCUT2D eigenvalue weighted by Gasteiger charge is -2.39. The molecule has 1 aliphatic carbocycles. The second kappa shape index (κ2) is 8.17. The van der Waals surface area contributed by atoms with E-state index in [1.54, 1.807) is 13.8 Å². The maximum absolute atomic E-state index is 13.4. The van der Waals surface area contributed by atoms with Gasteiger partial charge in [-0.25, -0.2) is 4.79 Å². The van der Waals surface area contributed by atoms with E-state index in [1.165, 1.54) is 38.5 Å². The topological polar surface area (TPSA) is 125 Å². The van der Waals surface area contributed by atoms with Gasteiger partial charge >= 0.3 is 11.9 Å². The summed E-state index contributed by atoms with van der Waals surface area (Å²) in [6.07, 6.45) is 0.394. The van der Waals surface area contributed by atoms with Crippen molar-refractivity contribution in [3.8, 4) is 0 Å². The second-order valence-corrected chi connectivity index (χ2v) is 7.48. The number of ketones is 1. The standard InChI is InChI=1S/C21H22N2O7/c1-10-9-14-18(19(24)15(10)20(25)29-3)17(16(11(2)22-14)21(26)30-4)12-5-7-13(8-6-12)23(27)28/h5-8,10,15,17-18H,9H2,1-4H3/t10-,15-,17-,18?/m0/s1. The van der Waals surface area contributed by atoms with Crippen LogP contribution in [0.2, 0.25) is 0 Å². The van der Waals surface area contributed by atoms with Gasteiger partial charge in [0.1, 0.15) is 5.92 Å². The minimum atomic E-state index is -0.975. The Kier molecular flexibility index (Phi) is 5.82. The molecule has 0 amide bonds. The number of methoxy groups -OCH3 is 2. The number of hydrogen-bond acceptors (Lipinski definition) is 8. The first-order valence-corrected chi connectivity index (χ1v) is 9.43. The molecule has 0 aromatic heterocycles. The van der Waals surface area contributed by atoms with Crippen LogP contribution in [0.5, 0.6) is 0 Å². The van der Waals surface area contributed by atoms with Gasteiger partial charge in [-0.2, -0.15) is 0 Å². The van der Waals surface area contributed by atoms with E-state index in [0.29, 0.717) is 23.4 Å². The van der Waals surface area contributed by atoms with Crippen molar-refractivity contribution in [1.82, 2.24) is 0 Å². The quantitative estimate of drug-likeness (QED) is 0.321. The van der Waals surface area contributed by atoms with Crippen LogP contribution in [-0.2, 0) is 23.9 Å². The Balaban J connectivity index is 2.17. The summed E-state index contributed by atoms with van der Waals surface area (Å²) in [6, 6.07) is 5.66. The van der Waals surface area contributed by atoms with E-state index in [-0.39, 0.29) is 23.0 Å². The van der Waals surface area contributed by atoms with Gasteiger partial charge in [-0.3, -0.25) is 24.7 Å².